The number of aliphatic imine (C=N–C) groups is 4. The van der Waals surface area contributed by atoms with Gasteiger partial charge < -0.3 is 85.7 Å². The standard InChI is InChI=1S/4C6H10N3.2CH2Cl2.2ClH.2Mo/c4*1-2-7-6-8-3-5-9(6)4-1;2*2-1-3;;;;/h4*1-5H2;2*1H2;2*1H;;/q4*-1;;;;;2*+3/p-2. The molecule has 0 aromatic carbocycles. The molecule has 4 saturated heterocycles. The van der Waals surface area contributed by atoms with Crippen LogP contribution < -0.4 is 24.8 Å². The van der Waals surface area contributed by atoms with Crippen molar-refractivity contribution in [3.63, 3.8) is 0 Å². The van der Waals surface area contributed by atoms with Gasteiger partial charge in [0.05, 0.1) is 10.7 Å². The van der Waals surface area contributed by atoms with E-state index in [0.29, 0.717) is 0 Å². The smallest absolute Gasteiger partial charge is 1.00 e. The van der Waals surface area contributed by atoms with Crippen LogP contribution in [0.4, 0.5) is 0 Å². The van der Waals surface area contributed by atoms with Crippen molar-refractivity contribution in [3.8, 4) is 0 Å². The van der Waals surface area contributed by atoms with Gasteiger partial charge in [-0.05, 0) is 130 Å². The molecule has 0 N–H and O–H groups in total. The average molecular weight is 929 g/mol. The first kappa shape index (κ1) is 48.3. The molecule has 4 fully saturated rings. The quantitative estimate of drug-likeness (QED) is 0.219. The molecule has 0 spiro atoms. The van der Waals surface area contributed by atoms with Crippen LogP contribution in [0, 0.1) is 0 Å². The van der Waals surface area contributed by atoms with Gasteiger partial charge in [-0.1, -0.05) is 0 Å². The number of alkyl halides is 4. The molecule has 0 bridgehead atoms. The molecule has 8 heterocycles. The minimum absolute atomic E-state index is 0. The molecule has 0 aromatic rings. The van der Waals surface area contributed by atoms with E-state index in [2.05, 4.69) is 60.8 Å². The SMILES string of the molecule is C1CN=C2[N-]CCN2C1.C1CN=C2[N-]CCN2C1.C1CN=C2[N-]CCN2C1.C1CN=C2[N-]CCN2C1.ClCCl.ClCCl.[Cl-].[Cl-].[Mo+3].[Mo+3]. The van der Waals surface area contributed by atoms with E-state index >= 15 is 0 Å². The molecule has 0 aliphatic carbocycles. The van der Waals surface area contributed by atoms with Gasteiger partial charge in [-0.15, -0.1) is 46.4 Å². The third-order valence-corrected chi connectivity index (χ3v) is 6.98. The second-order valence-corrected chi connectivity index (χ2v) is 11.4. The van der Waals surface area contributed by atoms with Crippen molar-refractivity contribution >= 4 is 70.2 Å². The first-order valence-electron chi connectivity index (χ1n) is 14.8. The van der Waals surface area contributed by atoms with Gasteiger partial charge in [0.25, 0.3) is 0 Å². The second kappa shape index (κ2) is 30.1. The molecule has 46 heavy (non-hydrogen) atoms. The zero-order chi connectivity index (χ0) is 29.8. The van der Waals surface area contributed by atoms with Crippen LogP contribution in [-0.2, 0) is 42.1 Å². The molecule has 20 heteroatoms. The molecule has 8 aliphatic rings. The fraction of sp³-hybridized carbons (Fsp3) is 0.846. The molecule has 0 unspecified atom stereocenters. The Morgan fingerprint density at radius 1 is 0.413 bits per heavy atom. The Balaban J connectivity index is 0. The molecular weight excluding hydrogens is 885 g/mol. The van der Waals surface area contributed by atoms with E-state index in [1.807, 2.05) is 0 Å². The van der Waals surface area contributed by atoms with E-state index in [0.717, 1.165) is 102 Å². The maximum Gasteiger partial charge on any atom is 3.00 e. The molecule has 0 aromatic heterocycles. The predicted octanol–water partition coefficient (Wildman–Crippen LogP) is -1.41. The van der Waals surface area contributed by atoms with E-state index < -0.39 is 0 Å². The van der Waals surface area contributed by atoms with Crippen LogP contribution in [0.5, 0.6) is 0 Å². The van der Waals surface area contributed by atoms with Gasteiger partial charge in [0.2, 0.25) is 0 Å². The Hall–Kier alpha value is 0.197. The summed E-state index contributed by atoms with van der Waals surface area (Å²) < 4.78 is 0. The molecule has 12 nitrogen and oxygen atoms in total. The minimum atomic E-state index is 0. The summed E-state index contributed by atoms with van der Waals surface area (Å²) in [7, 11) is 0. The van der Waals surface area contributed by atoms with E-state index in [9.17, 15) is 0 Å². The molecule has 0 saturated carbocycles. The summed E-state index contributed by atoms with van der Waals surface area (Å²) in [5.74, 6) is 4.00. The molecule has 8 rings (SSSR count). The van der Waals surface area contributed by atoms with Gasteiger partial charge in [0.1, 0.15) is 0 Å². The van der Waals surface area contributed by atoms with Gasteiger partial charge in [-0.2, -0.15) is 0 Å². The summed E-state index contributed by atoms with van der Waals surface area (Å²) in [6.45, 7) is 16.8. The van der Waals surface area contributed by atoms with E-state index in [1.165, 1.54) is 51.9 Å². The number of hydrogen-bond donors (Lipinski definition) is 0. The monoisotopic (exact) mass is 930 g/mol. The summed E-state index contributed by atoms with van der Waals surface area (Å²) in [5.41, 5.74) is 0. The Kier molecular flexibility index (Phi) is 31.6. The van der Waals surface area contributed by atoms with Crippen LogP contribution in [0.25, 0.3) is 21.3 Å². The number of nitrogens with zero attached hydrogens (tertiary/aromatic N) is 12. The van der Waals surface area contributed by atoms with Crippen molar-refractivity contribution in [3.05, 3.63) is 21.3 Å². The fourth-order valence-electron chi connectivity index (χ4n) is 5.09. The summed E-state index contributed by atoms with van der Waals surface area (Å²) in [6.07, 6.45) is 4.83. The molecular formula is C26H44Cl6Mo2N12. The number of guanidine groups is 4. The van der Waals surface area contributed by atoms with Crippen LogP contribution >= 0.6 is 46.4 Å². The predicted molar refractivity (Wildman–Crippen MR) is 180 cm³/mol. The molecule has 262 valence electrons. The fourth-order valence-corrected chi connectivity index (χ4v) is 5.09. The van der Waals surface area contributed by atoms with E-state index in [4.69, 9.17) is 46.4 Å². The number of halogens is 6. The van der Waals surface area contributed by atoms with Crippen LogP contribution in [0.2, 0.25) is 0 Å². The Bertz CT molecular complexity index is 767. The van der Waals surface area contributed by atoms with Crippen LogP contribution in [0.1, 0.15) is 25.7 Å². The van der Waals surface area contributed by atoms with Crippen molar-refractivity contribution in [1.29, 1.82) is 0 Å². The van der Waals surface area contributed by atoms with Gasteiger partial charge in [0.15, 0.2) is 0 Å². The largest absolute Gasteiger partial charge is 3.00 e. The Labute approximate surface area is 336 Å². The summed E-state index contributed by atoms with van der Waals surface area (Å²) >= 11 is 19.1. The van der Waals surface area contributed by atoms with E-state index in [1.54, 1.807) is 0 Å². The topological polar surface area (TPSA) is 119 Å². The van der Waals surface area contributed by atoms with E-state index in [-0.39, 0.29) is 77.6 Å². The Morgan fingerprint density at radius 3 is 0.783 bits per heavy atom. The summed E-state index contributed by atoms with van der Waals surface area (Å²) in [4.78, 5) is 26.1. The normalized spacial score (nSPS) is 20.3. The van der Waals surface area contributed by atoms with Gasteiger partial charge in [-0.25, -0.2) is 0 Å². The average Bonchev–Trinajstić information content (AvgIpc) is 3.85. The van der Waals surface area contributed by atoms with Gasteiger partial charge in [-0.3, -0.25) is 0 Å². The van der Waals surface area contributed by atoms with Crippen LogP contribution in [0.3, 0.4) is 0 Å². The van der Waals surface area contributed by atoms with Crippen LogP contribution in [-0.4, -0.2) is 159 Å². The third kappa shape index (κ3) is 17.7. The molecule has 0 amide bonds. The maximum absolute atomic E-state index is 4.76. The third-order valence-electron chi connectivity index (χ3n) is 6.98. The van der Waals surface area contributed by atoms with Crippen molar-refractivity contribution in [2.24, 2.45) is 20.0 Å². The first-order chi connectivity index (χ1) is 20.7. The molecule has 8 aliphatic heterocycles. The van der Waals surface area contributed by atoms with Crippen LogP contribution in [0.15, 0.2) is 20.0 Å². The van der Waals surface area contributed by atoms with Gasteiger partial charge >= 0.3 is 42.1 Å². The zero-order valence-corrected chi connectivity index (χ0v) is 34.6. The number of rotatable bonds is 0. The minimum Gasteiger partial charge on any atom is -1.00 e. The zero-order valence-electron chi connectivity index (χ0n) is 26.0. The second-order valence-electron chi connectivity index (χ2n) is 9.82. The maximum atomic E-state index is 4.76. The van der Waals surface area contributed by atoms with Crippen molar-refractivity contribution in [2.75, 3.05) is 115 Å². The first-order valence-corrected chi connectivity index (χ1v) is 17.0. The summed E-state index contributed by atoms with van der Waals surface area (Å²) in [6, 6.07) is 0. The Morgan fingerprint density at radius 2 is 0.609 bits per heavy atom. The number of fused-ring (bicyclic) bond motifs is 4. The molecule has 0 atom stereocenters. The summed E-state index contributed by atoms with van der Waals surface area (Å²) in [5, 5.41) is 17.3. The van der Waals surface area contributed by atoms with Crippen molar-refractivity contribution in [1.82, 2.24) is 19.6 Å². The molecule has 2 radical (unpaired) electrons. The van der Waals surface area contributed by atoms with Gasteiger partial charge in [0, 0.05) is 23.8 Å². The van der Waals surface area contributed by atoms with Crippen molar-refractivity contribution in [2.45, 2.75) is 25.7 Å². The number of hydrogen-bond acceptors (Lipinski definition) is 8. The van der Waals surface area contributed by atoms with Crippen molar-refractivity contribution < 1.29 is 66.9 Å².